The van der Waals surface area contributed by atoms with Gasteiger partial charge in [-0.05, 0) is 48.3 Å². The third-order valence-electron chi connectivity index (χ3n) is 1.48. The normalized spacial score (nSPS) is 10.4. The molecule has 0 spiro atoms. The number of nitrogens with zero attached hydrogens (tertiary/aromatic N) is 1. The fourth-order valence-corrected chi connectivity index (χ4v) is 1.13. The van der Waals surface area contributed by atoms with Crippen LogP contribution in [-0.4, -0.2) is 11.0 Å². The van der Waals surface area contributed by atoms with Crippen LogP contribution in [-0.2, 0) is 0 Å². The van der Waals surface area contributed by atoms with E-state index in [1.807, 2.05) is 12.3 Å². The minimum absolute atomic E-state index is 0.429. The van der Waals surface area contributed by atoms with Crippen molar-refractivity contribution in [2.24, 2.45) is 0 Å². The Morgan fingerprint density at radius 3 is 2.67 bits per heavy atom. The van der Waals surface area contributed by atoms with Crippen molar-refractivity contribution >= 4 is 21.7 Å². The van der Waals surface area contributed by atoms with Gasteiger partial charge in [0.2, 0.25) is 0 Å². The number of halogens is 1. The lowest BCUT2D eigenvalue weighted by molar-refractivity contribution is 0.888. The Morgan fingerprint density at radius 2 is 2.17 bits per heavy atom. The van der Waals surface area contributed by atoms with Gasteiger partial charge in [0.25, 0.3) is 0 Å². The monoisotopic (exact) mass is 228 g/mol. The predicted octanol–water partition coefficient (Wildman–Crippen LogP) is 2.97. The standard InChI is InChI=1S/C9H13BrN2/c1-6(2)12-9-4-7(3)8(10)5-11-9/h4-6H,1-3H3,(H,11,12). The van der Waals surface area contributed by atoms with E-state index in [1.165, 1.54) is 5.56 Å². The summed E-state index contributed by atoms with van der Waals surface area (Å²) >= 11 is 3.41. The van der Waals surface area contributed by atoms with Crippen LogP contribution in [0.15, 0.2) is 16.7 Å². The largest absolute Gasteiger partial charge is 0.368 e. The molecule has 1 aromatic heterocycles. The van der Waals surface area contributed by atoms with Gasteiger partial charge in [-0.25, -0.2) is 4.98 Å². The molecule has 0 aliphatic rings. The number of aryl methyl sites for hydroxylation is 1. The summed E-state index contributed by atoms with van der Waals surface area (Å²) in [5.41, 5.74) is 1.20. The lowest BCUT2D eigenvalue weighted by Gasteiger charge is -2.09. The smallest absolute Gasteiger partial charge is 0.126 e. The summed E-state index contributed by atoms with van der Waals surface area (Å²) in [7, 11) is 0. The van der Waals surface area contributed by atoms with Gasteiger partial charge < -0.3 is 5.32 Å². The van der Waals surface area contributed by atoms with Gasteiger partial charge in [0.15, 0.2) is 0 Å². The van der Waals surface area contributed by atoms with E-state index in [1.54, 1.807) is 0 Å². The highest BCUT2D eigenvalue weighted by atomic mass is 79.9. The van der Waals surface area contributed by atoms with Crippen LogP contribution >= 0.6 is 15.9 Å². The zero-order chi connectivity index (χ0) is 9.14. The Kier molecular flexibility index (Phi) is 3.09. The molecule has 12 heavy (non-hydrogen) atoms. The number of hydrogen-bond donors (Lipinski definition) is 1. The highest BCUT2D eigenvalue weighted by Crippen LogP contribution is 2.17. The maximum atomic E-state index is 4.22. The molecular formula is C9H13BrN2. The highest BCUT2D eigenvalue weighted by molar-refractivity contribution is 9.10. The molecule has 2 nitrogen and oxygen atoms in total. The number of rotatable bonds is 2. The van der Waals surface area contributed by atoms with E-state index in [9.17, 15) is 0 Å². The first kappa shape index (κ1) is 9.52. The molecule has 1 heterocycles. The summed E-state index contributed by atoms with van der Waals surface area (Å²) in [4.78, 5) is 4.22. The second-order valence-corrected chi connectivity index (χ2v) is 3.97. The van der Waals surface area contributed by atoms with Crippen molar-refractivity contribution in [1.29, 1.82) is 0 Å². The van der Waals surface area contributed by atoms with E-state index in [0.717, 1.165) is 10.3 Å². The van der Waals surface area contributed by atoms with Gasteiger partial charge >= 0.3 is 0 Å². The average molecular weight is 229 g/mol. The van der Waals surface area contributed by atoms with Crippen LogP contribution in [0.5, 0.6) is 0 Å². The van der Waals surface area contributed by atoms with Crippen molar-refractivity contribution < 1.29 is 0 Å². The van der Waals surface area contributed by atoms with Crippen molar-refractivity contribution in [3.8, 4) is 0 Å². The van der Waals surface area contributed by atoms with Crippen molar-refractivity contribution in [1.82, 2.24) is 4.98 Å². The molecular weight excluding hydrogens is 216 g/mol. The molecule has 0 amide bonds. The molecule has 1 aromatic rings. The third kappa shape index (κ3) is 2.48. The van der Waals surface area contributed by atoms with Crippen LogP contribution in [0, 0.1) is 6.92 Å². The van der Waals surface area contributed by atoms with E-state index in [4.69, 9.17) is 0 Å². The predicted molar refractivity (Wildman–Crippen MR) is 55.4 cm³/mol. The van der Waals surface area contributed by atoms with Gasteiger partial charge in [-0.15, -0.1) is 0 Å². The fourth-order valence-electron chi connectivity index (χ4n) is 0.914. The van der Waals surface area contributed by atoms with E-state index < -0.39 is 0 Å². The molecule has 0 radical (unpaired) electrons. The van der Waals surface area contributed by atoms with Crippen LogP contribution < -0.4 is 5.32 Å². The van der Waals surface area contributed by atoms with E-state index in [2.05, 4.69) is 47.0 Å². The number of aromatic nitrogens is 1. The zero-order valence-corrected chi connectivity index (χ0v) is 9.14. The molecule has 0 atom stereocenters. The Morgan fingerprint density at radius 1 is 1.50 bits per heavy atom. The van der Waals surface area contributed by atoms with Gasteiger partial charge in [-0.1, -0.05) is 0 Å². The maximum absolute atomic E-state index is 4.22. The summed E-state index contributed by atoms with van der Waals surface area (Å²) in [6.07, 6.45) is 1.82. The van der Waals surface area contributed by atoms with Gasteiger partial charge in [-0.3, -0.25) is 0 Å². The third-order valence-corrected chi connectivity index (χ3v) is 2.31. The minimum atomic E-state index is 0.429. The van der Waals surface area contributed by atoms with E-state index >= 15 is 0 Å². The molecule has 66 valence electrons. The van der Waals surface area contributed by atoms with Gasteiger partial charge in [0.1, 0.15) is 5.82 Å². The zero-order valence-electron chi connectivity index (χ0n) is 7.56. The van der Waals surface area contributed by atoms with Crippen LogP contribution in [0.4, 0.5) is 5.82 Å². The first-order chi connectivity index (χ1) is 5.59. The minimum Gasteiger partial charge on any atom is -0.368 e. The molecule has 3 heteroatoms. The maximum Gasteiger partial charge on any atom is 0.126 e. The Labute approximate surface area is 81.5 Å². The van der Waals surface area contributed by atoms with Crippen molar-refractivity contribution in [3.05, 3.63) is 22.3 Å². The number of pyridine rings is 1. The molecule has 0 fully saturated rings. The number of anilines is 1. The Bertz CT molecular complexity index is 271. The molecule has 0 unspecified atom stereocenters. The first-order valence-electron chi connectivity index (χ1n) is 3.98. The summed E-state index contributed by atoms with van der Waals surface area (Å²) in [5.74, 6) is 0.936. The molecule has 1 N–H and O–H groups in total. The molecule has 0 saturated heterocycles. The van der Waals surface area contributed by atoms with Crippen molar-refractivity contribution in [2.45, 2.75) is 26.8 Å². The first-order valence-corrected chi connectivity index (χ1v) is 4.77. The Hall–Kier alpha value is -0.570. The summed E-state index contributed by atoms with van der Waals surface area (Å²) < 4.78 is 1.05. The van der Waals surface area contributed by atoms with Crippen molar-refractivity contribution in [3.63, 3.8) is 0 Å². The molecule has 0 aromatic carbocycles. The second kappa shape index (κ2) is 3.90. The van der Waals surface area contributed by atoms with Gasteiger partial charge in [0, 0.05) is 16.7 Å². The molecule has 0 aliphatic heterocycles. The van der Waals surface area contributed by atoms with Crippen LogP contribution in [0.3, 0.4) is 0 Å². The number of nitrogens with one attached hydrogen (secondary N) is 1. The molecule has 0 saturated carbocycles. The lowest BCUT2D eigenvalue weighted by atomic mass is 10.3. The van der Waals surface area contributed by atoms with E-state index in [0.29, 0.717) is 6.04 Å². The van der Waals surface area contributed by atoms with Crippen LogP contribution in [0.2, 0.25) is 0 Å². The Balaban J connectivity index is 2.82. The lowest BCUT2D eigenvalue weighted by Crippen LogP contribution is -2.10. The summed E-state index contributed by atoms with van der Waals surface area (Å²) in [6, 6.07) is 2.46. The van der Waals surface area contributed by atoms with Crippen LogP contribution in [0.25, 0.3) is 0 Å². The van der Waals surface area contributed by atoms with Gasteiger partial charge in [0.05, 0.1) is 0 Å². The molecule has 1 rings (SSSR count). The summed E-state index contributed by atoms with van der Waals surface area (Å²) in [5, 5.41) is 3.24. The second-order valence-electron chi connectivity index (χ2n) is 3.12. The van der Waals surface area contributed by atoms with Crippen LogP contribution in [0.1, 0.15) is 19.4 Å². The van der Waals surface area contributed by atoms with E-state index in [-0.39, 0.29) is 0 Å². The average Bonchev–Trinajstić information content (AvgIpc) is 1.96. The highest BCUT2D eigenvalue weighted by Gasteiger charge is 1.99. The number of hydrogen-bond acceptors (Lipinski definition) is 2. The summed E-state index contributed by atoms with van der Waals surface area (Å²) in [6.45, 7) is 6.25. The molecule has 0 bridgehead atoms. The quantitative estimate of drug-likeness (QED) is 0.843. The fraction of sp³-hybridized carbons (Fsp3) is 0.444. The van der Waals surface area contributed by atoms with Crippen molar-refractivity contribution in [2.75, 3.05) is 5.32 Å². The van der Waals surface area contributed by atoms with Gasteiger partial charge in [-0.2, -0.15) is 0 Å². The topological polar surface area (TPSA) is 24.9 Å². The molecule has 0 aliphatic carbocycles. The SMILES string of the molecule is Cc1cc(NC(C)C)ncc1Br.